The van der Waals surface area contributed by atoms with Gasteiger partial charge in [-0.25, -0.2) is 0 Å². The second-order valence-electron chi connectivity index (χ2n) is 6.30. The molecule has 22 heavy (non-hydrogen) atoms. The zero-order valence-corrected chi connectivity index (χ0v) is 12.4. The predicted octanol–water partition coefficient (Wildman–Crippen LogP) is 2.75. The van der Waals surface area contributed by atoms with Crippen LogP contribution in [-0.2, 0) is 0 Å². The summed E-state index contributed by atoms with van der Waals surface area (Å²) in [4.78, 5) is 2.47. The third-order valence-electron chi connectivity index (χ3n) is 4.91. The molecule has 0 unspecified atom stereocenters. The van der Waals surface area contributed by atoms with Crippen LogP contribution >= 0.6 is 0 Å². The third-order valence-corrected chi connectivity index (χ3v) is 4.91. The summed E-state index contributed by atoms with van der Waals surface area (Å²) in [6.45, 7) is 3.94. The van der Waals surface area contributed by atoms with E-state index in [4.69, 9.17) is 0 Å². The van der Waals surface area contributed by atoms with Gasteiger partial charge in [0.2, 0.25) is 0 Å². The first-order valence-corrected chi connectivity index (χ1v) is 7.97. The lowest BCUT2D eigenvalue weighted by molar-refractivity contribution is -0.286. The Hall–Kier alpha value is -1.40. The predicted molar refractivity (Wildman–Crippen MR) is 77.2 cm³/mol. The normalized spacial score (nSPS) is 25.7. The number of halogens is 2. The highest BCUT2D eigenvalue weighted by Gasteiger charge is 2.44. The van der Waals surface area contributed by atoms with Gasteiger partial charge in [0.15, 0.2) is 11.5 Å². The highest BCUT2D eigenvalue weighted by atomic mass is 19.3. The molecule has 1 aromatic rings. The Balaban J connectivity index is 1.62. The SMILES string of the molecule is FC1(F)Oc2ccc([C@H](C3CCC3)N3CCNCC3)cc2O1. The van der Waals surface area contributed by atoms with E-state index in [1.165, 1.54) is 19.3 Å². The van der Waals surface area contributed by atoms with Crippen molar-refractivity contribution in [3.05, 3.63) is 23.8 Å². The molecule has 120 valence electrons. The van der Waals surface area contributed by atoms with Crippen LogP contribution in [0.5, 0.6) is 11.5 Å². The first-order chi connectivity index (χ1) is 10.6. The first-order valence-electron chi connectivity index (χ1n) is 7.97. The Labute approximate surface area is 128 Å². The molecule has 6 heteroatoms. The minimum atomic E-state index is -3.54. The second-order valence-corrected chi connectivity index (χ2v) is 6.30. The first kappa shape index (κ1) is 14.2. The van der Waals surface area contributed by atoms with Crippen molar-refractivity contribution < 1.29 is 18.3 Å². The van der Waals surface area contributed by atoms with E-state index in [1.54, 1.807) is 12.1 Å². The lowest BCUT2D eigenvalue weighted by atomic mass is 9.76. The van der Waals surface area contributed by atoms with Crippen LogP contribution < -0.4 is 14.8 Å². The van der Waals surface area contributed by atoms with Crippen LogP contribution in [0.3, 0.4) is 0 Å². The molecular weight excluding hydrogens is 290 g/mol. The fourth-order valence-corrected chi connectivity index (χ4v) is 3.65. The van der Waals surface area contributed by atoms with Gasteiger partial charge in [0.1, 0.15) is 0 Å². The van der Waals surface area contributed by atoms with Crippen molar-refractivity contribution in [2.45, 2.75) is 31.6 Å². The fourth-order valence-electron chi connectivity index (χ4n) is 3.65. The van der Waals surface area contributed by atoms with E-state index in [2.05, 4.69) is 19.7 Å². The van der Waals surface area contributed by atoms with Crippen molar-refractivity contribution in [3.63, 3.8) is 0 Å². The number of piperazine rings is 1. The molecule has 1 atom stereocenters. The van der Waals surface area contributed by atoms with Crippen molar-refractivity contribution in [2.75, 3.05) is 26.2 Å². The number of alkyl halides is 2. The van der Waals surface area contributed by atoms with Gasteiger partial charge in [0.05, 0.1) is 0 Å². The standard InChI is InChI=1S/C16H20F2N2O2/c17-16(18)21-13-5-4-12(10-14(13)22-16)15(11-2-1-3-11)20-8-6-19-7-9-20/h4-5,10-11,15,19H,1-3,6-9H2/t15-/m0/s1. The highest BCUT2D eigenvalue weighted by molar-refractivity contribution is 5.46. The van der Waals surface area contributed by atoms with E-state index >= 15 is 0 Å². The summed E-state index contributed by atoms with van der Waals surface area (Å²) in [6, 6.07) is 5.55. The highest BCUT2D eigenvalue weighted by Crippen LogP contribution is 2.46. The topological polar surface area (TPSA) is 33.7 Å². The molecule has 0 bridgehead atoms. The largest absolute Gasteiger partial charge is 0.586 e. The van der Waals surface area contributed by atoms with Gasteiger partial charge in [-0.15, -0.1) is 8.78 Å². The molecule has 4 nitrogen and oxygen atoms in total. The fraction of sp³-hybridized carbons (Fsp3) is 0.625. The van der Waals surface area contributed by atoms with Crippen molar-refractivity contribution in [1.82, 2.24) is 10.2 Å². The van der Waals surface area contributed by atoms with Gasteiger partial charge in [-0.1, -0.05) is 12.5 Å². The number of nitrogens with zero attached hydrogens (tertiary/aromatic N) is 1. The smallest absolute Gasteiger partial charge is 0.395 e. The lowest BCUT2D eigenvalue weighted by Gasteiger charge is -2.43. The molecule has 1 aromatic carbocycles. The Morgan fingerprint density at radius 2 is 1.86 bits per heavy atom. The summed E-state index contributed by atoms with van der Waals surface area (Å²) in [5, 5.41) is 3.36. The number of rotatable bonds is 3. The van der Waals surface area contributed by atoms with E-state index in [0.29, 0.717) is 12.0 Å². The van der Waals surface area contributed by atoms with Gasteiger partial charge < -0.3 is 14.8 Å². The molecule has 0 radical (unpaired) electrons. The number of hydrogen-bond acceptors (Lipinski definition) is 4. The molecule has 0 spiro atoms. The monoisotopic (exact) mass is 310 g/mol. The second kappa shape index (κ2) is 5.35. The zero-order valence-electron chi connectivity index (χ0n) is 12.4. The van der Waals surface area contributed by atoms with Crippen LogP contribution in [0.1, 0.15) is 30.9 Å². The molecular formula is C16H20F2N2O2. The van der Waals surface area contributed by atoms with E-state index in [-0.39, 0.29) is 11.5 Å². The average molecular weight is 310 g/mol. The van der Waals surface area contributed by atoms with E-state index in [0.717, 1.165) is 31.7 Å². The van der Waals surface area contributed by atoms with Crippen LogP contribution in [0.2, 0.25) is 0 Å². The summed E-state index contributed by atoms with van der Waals surface area (Å²) in [6.07, 6.45) is 0.135. The molecule has 4 rings (SSSR count). The zero-order chi connectivity index (χ0) is 15.2. The van der Waals surface area contributed by atoms with Crippen LogP contribution in [0, 0.1) is 5.92 Å². The summed E-state index contributed by atoms with van der Waals surface area (Å²) >= 11 is 0. The maximum Gasteiger partial charge on any atom is 0.586 e. The minimum Gasteiger partial charge on any atom is -0.395 e. The van der Waals surface area contributed by atoms with E-state index < -0.39 is 6.29 Å². The van der Waals surface area contributed by atoms with Crippen LogP contribution in [-0.4, -0.2) is 37.4 Å². The molecule has 0 amide bonds. The number of hydrogen-bond donors (Lipinski definition) is 1. The van der Waals surface area contributed by atoms with Gasteiger partial charge in [0, 0.05) is 32.2 Å². The van der Waals surface area contributed by atoms with Crippen molar-refractivity contribution in [1.29, 1.82) is 0 Å². The maximum absolute atomic E-state index is 13.2. The summed E-state index contributed by atoms with van der Waals surface area (Å²) in [7, 11) is 0. The van der Waals surface area contributed by atoms with Crippen LogP contribution in [0.4, 0.5) is 8.78 Å². The molecule has 1 saturated carbocycles. The van der Waals surface area contributed by atoms with E-state index in [9.17, 15) is 8.78 Å². The van der Waals surface area contributed by atoms with E-state index in [1.807, 2.05) is 6.07 Å². The molecule has 2 fully saturated rings. The lowest BCUT2D eigenvalue weighted by Crippen LogP contribution is -2.47. The Morgan fingerprint density at radius 1 is 1.14 bits per heavy atom. The third kappa shape index (κ3) is 2.54. The number of fused-ring (bicyclic) bond motifs is 1. The van der Waals surface area contributed by atoms with Gasteiger partial charge >= 0.3 is 6.29 Å². The minimum absolute atomic E-state index is 0.126. The molecule has 1 aliphatic carbocycles. The molecule has 2 heterocycles. The molecule has 1 saturated heterocycles. The van der Waals surface area contributed by atoms with Crippen LogP contribution in [0.25, 0.3) is 0 Å². The quantitative estimate of drug-likeness (QED) is 0.931. The molecule has 3 aliphatic rings. The van der Waals surface area contributed by atoms with Gasteiger partial charge in [-0.05, 0) is 36.5 Å². The number of benzene rings is 1. The summed E-state index contributed by atoms with van der Waals surface area (Å²) in [5.41, 5.74) is 1.06. The molecule has 0 aromatic heterocycles. The van der Waals surface area contributed by atoms with Gasteiger partial charge in [-0.3, -0.25) is 4.90 Å². The van der Waals surface area contributed by atoms with Crippen LogP contribution in [0.15, 0.2) is 18.2 Å². The van der Waals surface area contributed by atoms with Gasteiger partial charge in [0.25, 0.3) is 0 Å². The number of ether oxygens (including phenoxy) is 2. The molecule has 1 N–H and O–H groups in total. The average Bonchev–Trinajstić information content (AvgIpc) is 2.76. The molecule has 2 aliphatic heterocycles. The van der Waals surface area contributed by atoms with Crippen molar-refractivity contribution in [3.8, 4) is 11.5 Å². The summed E-state index contributed by atoms with van der Waals surface area (Å²) in [5.74, 6) is 0.891. The number of nitrogens with one attached hydrogen (secondary N) is 1. The Morgan fingerprint density at radius 3 is 2.55 bits per heavy atom. The van der Waals surface area contributed by atoms with Gasteiger partial charge in [-0.2, -0.15) is 0 Å². The Kier molecular flexibility index (Phi) is 3.46. The summed E-state index contributed by atoms with van der Waals surface area (Å²) < 4.78 is 35.5. The van der Waals surface area contributed by atoms with Crippen molar-refractivity contribution in [2.24, 2.45) is 5.92 Å². The Bertz CT molecular complexity index is 557. The van der Waals surface area contributed by atoms with Crippen molar-refractivity contribution >= 4 is 0 Å². The maximum atomic E-state index is 13.2.